The highest BCUT2D eigenvalue weighted by Gasteiger charge is 2.23. The topological polar surface area (TPSA) is 47.3 Å². The highest BCUT2D eigenvalue weighted by molar-refractivity contribution is 5.44. The minimum absolute atomic E-state index is 0.334. The van der Waals surface area contributed by atoms with Gasteiger partial charge in [-0.2, -0.15) is 0 Å². The summed E-state index contributed by atoms with van der Waals surface area (Å²) in [6.45, 7) is 3.63. The second-order valence-corrected chi connectivity index (χ2v) is 5.25. The lowest BCUT2D eigenvalue weighted by atomic mass is 10.1. The fourth-order valence-corrected chi connectivity index (χ4v) is 2.80. The third-order valence-electron chi connectivity index (χ3n) is 3.83. The molecule has 1 N–H and O–H groups in total. The van der Waals surface area contributed by atoms with Gasteiger partial charge in [0.1, 0.15) is 12.4 Å². The molecule has 0 aliphatic heterocycles. The van der Waals surface area contributed by atoms with E-state index in [2.05, 4.69) is 16.5 Å². The van der Waals surface area contributed by atoms with Crippen LogP contribution in [0, 0.1) is 0 Å². The van der Waals surface area contributed by atoms with Gasteiger partial charge in [-0.25, -0.2) is 4.98 Å². The molecule has 2 aromatic rings. The zero-order chi connectivity index (χ0) is 13.9. The molecule has 0 fully saturated rings. The average molecular weight is 272 g/mol. The molecule has 106 valence electrons. The third kappa shape index (κ3) is 2.43. The molecule has 3 rings (SSSR count). The predicted octanol–water partition coefficient (Wildman–Crippen LogP) is 2.85. The van der Waals surface area contributed by atoms with Crippen LogP contribution in [0.15, 0.2) is 30.7 Å². The number of benzene rings is 1. The van der Waals surface area contributed by atoms with Gasteiger partial charge in [0.25, 0.3) is 0 Å². The second-order valence-electron chi connectivity index (χ2n) is 5.25. The molecule has 1 unspecified atom stereocenters. The lowest BCUT2D eigenvalue weighted by Gasteiger charge is -2.12. The molecule has 0 amide bonds. The van der Waals surface area contributed by atoms with Crippen molar-refractivity contribution < 1.29 is 9.84 Å². The van der Waals surface area contributed by atoms with Crippen molar-refractivity contribution >= 4 is 0 Å². The molecule has 0 saturated heterocycles. The van der Waals surface area contributed by atoms with Crippen LogP contribution in [0.5, 0.6) is 5.75 Å². The average Bonchev–Trinajstić information content (AvgIpc) is 3.05. The SMILES string of the molecule is CCCn1cncc1COc1cccc2c1CCC2O. The molecule has 1 aromatic heterocycles. The van der Waals surface area contributed by atoms with Crippen molar-refractivity contribution in [3.8, 4) is 5.75 Å². The Bertz CT molecular complexity index is 592. The number of ether oxygens (including phenoxy) is 1. The number of aliphatic hydroxyl groups excluding tert-OH is 1. The number of nitrogens with zero attached hydrogens (tertiary/aromatic N) is 2. The standard InChI is InChI=1S/C16H20N2O2/c1-2-8-18-11-17-9-12(18)10-20-16-5-3-4-13-14(16)6-7-15(13)19/h3-5,9,11,15,19H,2,6-8,10H2,1H3. The summed E-state index contributed by atoms with van der Waals surface area (Å²) in [5.41, 5.74) is 3.26. The van der Waals surface area contributed by atoms with E-state index in [1.165, 1.54) is 0 Å². The minimum Gasteiger partial charge on any atom is -0.487 e. The molecule has 4 heteroatoms. The first-order chi connectivity index (χ1) is 9.79. The Morgan fingerprint density at radius 1 is 1.45 bits per heavy atom. The van der Waals surface area contributed by atoms with E-state index in [0.717, 1.165) is 48.4 Å². The maximum Gasteiger partial charge on any atom is 0.130 e. The molecule has 1 aliphatic rings. The molecule has 0 bridgehead atoms. The summed E-state index contributed by atoms with van der Waals surface area (Å²) in [6.07, 6.45) is 6.13. The maximum atomic E-state index is 9.90. The van der Waals surface area contributed by atoms with Gasteiger partial charge < -0.3 is 14.4 Å². The van der Waals surface area contributed by atoms with Gasteiger partial charge in [0, 0.05) is 12.1 Å². The summed E-state index contributed by atoms with van der Waals surface area (Å²) in [4.78, 5) is 4.18. The molecule has 20 heavy (non-hydrogen) atoms. The smallest absolute Gasteiger partial charge is 0.130 e. The number of hydrogen-bond acceptors (Lipinski definition) is 3. The predicted molar refractivity (Wildman–Crippen MR) is 76.6 cm³/mol. The monoisotopic (exact) mass is 272 g/mol. The molecule has 0 radical (unpaired) electrons. The van der Waals surface area contributed by atoms with Gasteiger partial charge in [-0.1, -0.05) is 19.1 Å². The Labute approximate surface area is 119 Å². The number of aliphatic hydroxyl groups is 1. The number of hydrogen-bond donors (Lipinski definition) is 1. The molecular weight excluding hydrogens is 252 g/mol. The van der Waals surface area contributed by atoms with E-state index in [4.69, 9.17) is 4.74 Å². The van der Waals surface area contributed by atoms with Crippen LogP contribution in [0.3, 0.4) is 0 Å². The van der Waals surface area contributed by atoms with Gasteiger partial charge in [-0.05, 0) is 30.9 Å². The van der Waals surface area contributed by atoms with Crippen molar-refractivity contribution in [2.75, 3.05) is 0 Å². The van der Waals surface area contributed by atoms with E-state index in [0.29, 0.717) is 6.61 Å². The van der Waals surface area contributed by atoms with E-state index in [-0.39, 0.29) is 6.10 Å². The van der Waals surface area contributed by atoms with E-state index < -0.39 is 0 Å². The van der Waals surface area contributed by atoms with Crippen LogP contribution in [-0.4, -0.2) is 14.7 Å². The maximum absolute atomic E-state index is 9.90. The number of aromatic nitrogens is 2. The molecule has 1 atom stereocenters. The van der Waals surface area contributed by atoms with E-state index >= 15 is 0 Å². The minimum atomic E-state index is -0.334. The van der Waals surface area contributed by atoms with Crippen molar-refractivity contribution in [3.63, 3.8) is 0 Å². The zero-order valence-corrected chi connectivity index (χ0v) is 11.7. The van der Waals surface area contributed by atoms with Gasteiger partial charge >= 0.3 is 0 Å². The largest absolute Gasteiger partial charge is 0.487 e. The summed E-state index contributed by atoms with van der Waals surface area (Å²) in [5.74, 6) is 0.892. The van der Waals surface area contributed by atoms with Gasteiger partial charge in [0.15, 0.2) is 0 Å². The Morgan fingerprint density at radius 3 is 3.20 bits per heavy atom. The van der Waals surface area contributed by atoms with Crippen LogP contribution in [0.4, 0.5) is 0 Å². The van der Waals surface area contributed by atoms with Crippen molar-refractivity contribution in [3.05, 3.63) is 47.5 Å². The fraction of sp³-hybridized carbons (Fsp3) is 0.438. The van der Waals surface area contributed by atoms with E-state index in [1.54, 1.807) is 0 Å². The first kappa shape index (κ1) is 13.2. The van der Waals surface area contributed by atoms with Gasteiger partial charge in [-0.15, -0.1) is 0 Å². The van der Waals surface area contributed by atoms with Crippen LogP contribution < -0.4 is 4.74 Å². The molecule has 4 nitrogen and oxygen atoms in total. The quantitative estimate of drug-likeness (QED) is 0.910. The zero-order valence-electron chi connectivity index (χ0n) is 11.7. The van der Waals surface area contributed by atoms with Crippen molar-refractivity contribution in [1.82, 2.24) is 9.55 Å². The Balaban J connectivity index is 1.75. The van der Waals surface area contributed by atoms with Gasteiger partial charge in [0.2, 0.25) is 0 Å². The molecule has 1 aromatic carbocycles. The van der Waals surface area contributed by atoms with Gasteiger partial charge in [0.05, 0.1) is 24.3 Å². The number of fused-ring (bicyclic) bond motifs is 1. The summed E-state index contributed by atoms with van der Waals surface area (Å²) < 4.78 is 8.08. The van der Waals surface area contributed by atoms with Gasteiger partial charge in [-0.3, -0.25) is 0 Å². The summed E-state index contributed by atoms with van der Waals surface area (Å²) in [7, 11) is 0. The fourth-order valence-electron chi connectivity index (χ4n) is 2.80. The van der Waals surface area contributed by atoms with Crippen LogP contribution >= 0.6 is 0 Å². The highest BCUT2D eigenvalue weighted by atomic mass is 16.5. The lowest BCUT2D eigenvalue weighted by Crippen LogP contribution is -2.06. The number of rotatable bonds is 5. The van der Waals surface area contributed by atoms with Crippen molar-refractivity contribution in [2.24, 2.45) is 0 Å². The Hall–Kier alpha value is -1.81. The summed E-state index contributed by atoms with van der Waals surface area (Å²) in [5, 5.41) is 9.90. The van der Waals surface area contributed by atoms with Crippen LogP contribution in [-0.2, 0) is 19.6 Å². The molecular formula is C16H20N2O2. The number of imidazole rings is 1. The summed E-state index contributed by atoms with van der Waals surface area (Å²) in [6, 6.07) is 5.92. The van der Waals surface area contributed by atoms with Crippen molar-refractivity contribution in [2.45, 2.75) is 45.4 Å². The van der Waals surface area contributed by atoms with Crippen LogP contribution in [0.2, 0.25) is 0 Å². The third-order valence-corrected chi connectivity index (χ3v) is 3.83. The first-order valence-electron chi connectivity index (χ1n) is 7.21. The number of aryl methyl sites for hydroxylation is 1. The Kier molecular flexibility index (Phi) is 3.74. The summed E-state index contributed by atoms with van der Waals surface area (Å²) >= 11 is 0. The van der Waals surface area contributed by atoms with E-state index in [9.17, 15) is 5.11 Å². The molecule has 0 spiro atoms. The van der Waals surface area contributed by atoms with Crippen molar-refractivity contribution in [1.29, 1.82) is 0 Å². The molecule has 0 saturated carbocycles. The lowest BCUT2D eigenvalue weighted by molar-refractivity contribution is 0.180. The highest BCUT2D eigenvalue weighted by Crippen LogP contribution is 2.36. The Morgan fingerprint density at radius 2 is 2.35 bits per heavy atom. The van der Waals surface area contributed by atoms with Crippen LogP contribution in [0.1, 0.15) is 42.7 Å². The normalized spacial score (nSPS) is 17.2. The first-order valence-corrected chi connectivity index (χ1v) is 7.21. The molecule has 1 aliphatic carbocycles. The van der Waals surface area contributed by atoms with E-state index in [1.807, 2.05) is 30.7 Å². The van der Waals surface area contributed by atoms with Crippen LogP contribution in [0.25, 0.3) is 0 Å². The molecule has 1 heterocycles. The second kappa shape index (κ2) is 5.67.